The number of benzene rings is 1. The summed E-state index contributed by atoms with van der Waals surface area (Å²) in [6.45, 7) is 0. The molecule has 1 amide bonds. The Morgan fingerprint density at radius 3 is 2.95 bits per heavy atom. The summed E-state index contributed by atoms with van der Waals surface area (Å²) in [5.41, 5.74) is 2.11. The number of carbonyl (C=O) groups is 1. The van der Waals surface area contributed by atoms with Gasteiger partial charge in [-0.1, -0.05) is 11.6 Å². The molecule has 0 radical (unpaired) electrons. The van der Waals surface area contributed by atoms with Crippen molar-refractivity contribution in [1.29, 1.82) is 5.26 Å². The number of rotatable bonds is 4. The van der Waals surface area contributed by atoms with E-state index < -0.39 is 0 Å². The molecule has 0 fully saturated rings. The summed E-state index contributed by atoms with van der Waals surface area (Å²) in [5, 5.41) is 16.0. The number of amides is 1. The Morgan fingerprint density at radius 1 is 1.42 bits per heavy atom. The molecular formula is C14H11ClN2OS. The SMILES string of the molecule is N#Cc1cc(NC(=O)CCc2ccsc2)ccc1Cl. The second-order valence-corrected chi connectivity index (χ2v) is 5.17. The minimum absolute atomic E-state index is 0.0718. The van der Waals surface area contributed by atoms with Crippen LogP contribution in [0.5, 0.6) is 0 Å². The fourth-order valence-electron chi connectivity index (χ4n) is 1.60. The zero-order valence-electron chi connectivity index (χ0n) is 10.0. The summed E-state index contributed by atoms with van der Waals surface area (Å²) < 4.78 is 0. The molecule has 5 heteroatoms. The van der Waals surface area contributed by atoms with Crippen molar-refractivity contribution in [1.82, 2.24) is 0 Å². The van der Waals surface area contributed by atoms with Crippen molar-refractivity contribution >= 4 is 34.5 Å². The number of carbonyl (C=O) groups excluding carboxylic acids is 1. The van der Waals surface area contributed by atoms with Crippen molar-refractivity contribution in [3.05, 3.63) is 51.2 Å². The molecule has 0 aliphatic rings. The van der Waals surface area contributed by atoms with Crippen LogP contribution in [0.1, 0.15) is 17.5 Å². The molecule has 0 saturated carbocycles. The minimum Gasteiger partial charge on any atom is -0.326 e. The van der Waals surface area contributed by atoms with Gasteiger partial charge in [-0.3, -0.25) is 4.79 Å². The molecule has 0 spiro atoms. The van der Waals surface area contributed by atoms with Crippen LogP contribution in [0.4, 0.5) is 5.69 Å². The van der Waals surface area contributed by atoms with E-state index in [1.165, 1.54) is 0 Å². The average Bonchev–Trinajstić information content (AvgIpc) is 2.92. The van der Waals surface area contributed by atoms with Crippen molar-refractivity contribution in [2.24, 2.45) is 0 Å². The number of aryl methyl sites for hydroxylation is 1. The summed E-state index contributed by atoms with van der Waals surface area (Å²) in [5.74, 6) is -0.0718. The number of nitriles is 1. The normalized spacial score (nSPS) is 9.89. The van der Waals surface area contributed by atoms with E-state index >= 15 is 0 Å². The molecule has 1 aromatic heterocycles. The molecule has 0 bridgehead atoms. The van der Waals surface area contributed by atoms with Crippen LogP contribution in [0.15, 0.2) is 35.0 Å². The molecule has 1 N–H and O–H groups in total. The molecule has 1 aromatic carbocycles. The first-order valence-corrected chi connectivity index (χ1v) is 7.01. The van der Waals surface area contributed by atoms with Gasteiger partial charge < -0.3 is 5.32 Å². The number of anilines is 1. The van der Waals surface area contributed by atoms with Gasteiger partial charge in [-0.15, -0.1) is 0 Å². The van der Waals surface area contributed by atoms with Crippen molar-refractivity contribution in [2.45, 2.75) is 12.8 Å². The molecule has 0 atom stereocenters. The number of hydrogen-bond acceptors (Lipinski definition) is 3. The zero-order chi connectivity index (χ0) is 13.7. The van der Waals surface area contributed by atoms with Crippen molar-refractivity contribution < 1.29 is 4.79 Å². The van der Waals surface area contributed by atoms with Gasteiger partial charge in [0.2, 0.25) is 5.91 Å². The van der Waals surface area contributed by atoms with Crippen LogP contribution in [-0.2, 0) is 11.2 Å². The van der Waals surface area contributed by atoms with Crippen LogP contribution in [0, 0.1) is 11.3 Å². The van der Waals surface area contributed by atoms with Gasteiger partial charge >= 0.3 is 0 Å². The van der Waals surface area contributed by atoms with Crippen LogP contribution in [0.3, 0.4) is 0 Å². The van der Waals surface area contributed by atoms with Gasteiger partial charge in [0.25, 0.3) is 0 Å². The molecule has 2 aromatic rings. The predicted molar refractivity (Wildman–Crippen MR) is 77.4 cm³/mol. The van der Waals surface area contributed by atoms with Crippen molar-refractivity contribution in [3.63, 3.8) is 0 Å². The van der Waals surface area contributed by atoms with E-state index in [1.807, 2.05) is 22.9 Å². The van der Waals surface area contributed by atoms with Gasteiger partial charge in [0.05, 0.1) is 10.6 Å². The molecule has 0 aliphatic heterocycles. The van der Waals surface area contributed by atoms with E-state index in [-0.39, 0.29) is 5.91 Å². The smallest absolute Gasteiger partial charge is 0.224 e. The molecule has 19 heavy (non-hydrogen) atoms. The third kappa shape index (κ3) is 3.82. The standard InChI is InChI=1S/C14H11ClN2OS/c15-13-3-2-12(7-11(13)8-16)17-14(18)4-1-10-5-6-19-9-10/h2-3,5-7,9H,1,4H2,(H,17,18). The lowest BCUT2D eigenvalue weighted by Crippen LogP contribution is -2.12. The monoisotopic (exact) mass is 290 g/mol. The Hall–Kier alpha value is -1.83. The topological polar surface area (TPSA) is 52.9 Å². The van der Waals surface area contributed by atoms with Crippen LogP contribution in [0.2, 0.25) is 5.02 Å². The van der Waals surface area contributed by atoms with E-state index in [2.05, 4.69) is 5.32 Å². The lowest BCUT2D eigenvalue weighted by molar-refractivity contribution is -0.116. The molecular weight excluding hydrogens is 280 g/mol. The Labute approximate surface area is 120 Å². The third-order valence-corrected chi connectivity index (χ3v) is 3.65. The summed E-state index contributed by atoms with van der Waals surface area (Å²) in [4.78, 5) is 11.8. The Morgan fingerprint density at radius 2 is 2.26 bits per heavy atom. The van der Waals surface area contributed by atoms with Crippen LogP contribution < -0.4 is 5.32 Å². The van der Waals surface area contributed by atoms with E-state index in [0.717, 1.165) is 5.56 Å². The van der Waals surface area contributed by atoms with Gasteiger partial charge in [0, 0.05) is 12.1 Å². The maximum atomic E-state index is 11.8. The lowest BCUT2D eigenvalue weighted by atomic mass is 10.1. The second-order valence-electron chi connectivity index (χ2n) is 3.99. The largest absolute Gasteiger partial charge is 0.326 e. The van der Waals surface area contributed by atoms with E-state index in [4.69, 9.17) is 16.9 Å². The maximum absolute atomic E-state index is 11.8. The first-order valence-electron chi connectivity index (χ1n) is 5.69. The third-order valence-electron chi connectivity index (χ3n) is 2.59. The van der Waals surface area contributed by atoms with Crippen LogP contribution in [0.25, 0.3) is 0 Å². The van der Waals surface area contributed by atoms with Gasteiger partial charge in [-0.2, -0.15) is 16.6 Å². The molecule has 0 unspecified atom stereocenters. The first kappa shape index (κ1) is 13.6. The molecule has 2 rings (SSSR count). The number of nitrogens with one attached hydrogen (secondary N) is 1. The highest BCUT2D eigenvalue weighted by Crippen LogP contribution is 2.20. The Kier molecular flexibility index (Phi) is 4.56. The van der Waals surface area contributed by atoms with E-state index in [1.54, 1.807) is 29.5 Å². The highest BCUT2D eigenvalue weighted by Gasteiger charge is 2.06. The molecule has 0 aliphatic carbocycles. The Balaban J connectivity index is 1.94. The second kappa shape index (κ2) is 6.37. The highest BCUT2D eigenvalue weighted by atomic mass is 35.5. The fourth-order valence-corrected chi connectivity index (χ4v) is 2.47. The Bertz CT molecular complexity index is 617. The maximum Gasteiger partial charge on any atom is 0.224 e. The van der Waals surface area contributed by atoms with Crippen molar-refractivity contribution in [3.8, 4) is 6.07 Å². The minimum atomic E-state index is -0.0718. The predicted octanol–water partition coefficient (Wildman–Crippen LogP) is 3.84. The lowest BCUT2D eigenvalue weighted by Gasteiger charge is -2.05. The van der Waals surface area contributed by atoms with Gasteiger partial charge in [0.15, 0.2) is 0 Å². The molecule has 3 nitrogen and oxygen atoms in total. The number of halogens is 1. The number of hydrogen-bond donors (Lipinski definition) is 1. The van der Waals surface area contributed by atoms with Crippen molar-refractivity contribution in [2.75, 3.05) is 5.32 Å². The number of nitrogens with zero attached hydrogens (tertiary/aromatic N) is 1. The molecule has 0 saturated heterocycles. The summed E-state index contributed by atoms with van der Waals surface area (Å²) in [6.07, 6.45) is 1.13. The van der Waals surface area contributed by atoms with Gasteiger partial charge in [-0.25, -0.2) is 0 Å². The van der Waals surface area contributed by atoms with E-state index in [9.17, 15) is 4.79 Å². The highest BCUT2D eigenvalue weighted by molar-refractivity contribution is 7.07. The van der Waals surface area contributed by atoms with Crippen LogP contribution in [-0.4, -0.2) is 5.91 Å². The molecule has 1 heterocycles. The van der Waals surface area contributed by atoms with Gasteiger partial charge in [-0.05, 0) is 47.0 Å². The van der Waals surface area contributed by atoms with E-state index in [0.29, 0.717) is 29.1 Å². The summed E-state index contributed by atoms with van der Waals surface area (Å²) >= 11 is 7.45. The summed E-state index contributed by atoms with van der Waals surface area (Å²) in [6, 6.07) is 8.86. The van der Waals surface area contributed by atoms with Crippen LogP contribution >= 0.6 is 22.9 Å². The fraction of sp³-hybridized carbons (Fsp3) is 0.143. The molecule has 96 valence electrons. The quantitative estimate of drug-likeness (QED) is 0.930. The first-order chi connectivity index (χ1) is 9.19. The van der Waals surface area contributed by atoms with Gasteiger partial charge in [0.1, 0.15) is 6.07 Å². The number of thiophene rings is 1. The summed E-state index contributed by atoms with van der Waals surface area (Å²) in [7, 11) is 0. The zero-order valence-corrected chi connectivity index (χ0v) is 11.6. The average molecular weight is 291 g/mol.